The predicted molar refractivity (Wildman–Crippen MR) is 59.7 cm³/mol. The van der Waals surface area contributed by atoms with Gasteiger partial charge in [0.2, 0.25) is 0 Å². The molecule has 0 radical (unpaired) electrons. The molecule has 1 aromatic carbocycles. The summed E-state index contributed by atoms with van der Waals surface area (Å²) in [6, 6.07) is 7.37. The Morgan fingerprint density at radius 1 is 1.60 bits per heavy atom. The summed E-state index contributed by atoms with van der Waals surface area (Å²) in [6.07, 6.45) is 1.65. The molecule has 1 N–H and O–H groups in total. The number of nitrogens with one attached hydrogen (secondary N) is 1. The van der Waals surface area contributed by atoms with Crippen molar-refractivity contribution in [1.29, 1.82) is 0 Å². The zero-order valence-corrected chi connectivity index (χ0v) is 8.82. The van der Waals surface area contributed by atoms with E-state index in [-0.39, 0.29) is 5.91 Å². The van der Waals surface area contributed by atoms with Crippen LogP contribution in [0.1, 0.15) is 15.9 Å². The van der Waals surface area contributed by atoms with Crippen molar-refractivity contribution in [2.24, 2.45) is 0 Å². The molecule has 0 bridgehead atoms. The van der Waals surface area contributed by atoms with Crippen LogP contribution < -0.4 is 5.32 Å². The third-order valence-electron chi connectivity index (χ3n) is 1.91. The Hall–Kier alpha value is -1.61. The number of methoxy groups -OCH3 is 1. The highest BCUT2D eigenvalue weighted by atomic mass is 16.5. The summed E-state index contributed by atoms with van der Waals surface area (Å²) in [6.45, 7) is 4.53. The van der Waals surface area contributed by atoms with Crippen molar-refractivity contribution < 1.29 is 9.53 Å². The number of amides is 1. The second kappa shape index (κ2) is 5.98. The lowest BCUT2D eigenvalue weighted by molar-refractivity contribution is 0.0957. The molecule has 0 saturated carbocycles. The van der Waals surface area contributed by atoms with Crippen molar-refractivity contribution in [3.05, 3.63) is 48.0 Å². The van der Waals surface area contributed by atoms with Crippen molar-refractivity contribution in [3.8, 4) is 0 Å². The summed E-state index contributed by atoms with van der Waals surface area (Å²) in [5.74, 6) is -0.0900. The van der Waals surface area contributed by atoms with Crippen molar-refractivity contribution >= 4 is 5.91 Å². The van der Waals surface area contributed by atoms with Crippen LogP contribution in [0.4, 0.5) is 0 Å². The summed E-state index contributed by atoms with van der Waals surface area (Å²) in [7, 11) is 1.63. The highest BCUT2D eigenvalue weighted by Gasteiger charge is 2.04. The van der Waals surface area contributed by atoms with Crippen molar-refractivity contribution in [3.63, 3.8) is 0 Å². The lowest BCUT2D eigenvalue weighted by Crippen LogP contribution is -2.23. The molecule has 3 nitrogen and oxygen atoms in total. The summed E-state index contributed by atoms with van der Waals surface area (Å²) in [5, 5.41) is 2.72. The standard InChI is InChI=1S/C12H15NO2/c1-3-7-13-12(14)11-6-4-5-10(8-11)9-15-2/h3-6,8H,1,7,9H2,2H3,(H,13,14). The molecule has 0 aliphatic carbocycles. The first-order chi connectivity index (χ1) is 7.27. The highest BCUT2D eigenvalue weighted by Crippen LogP contribution is 2.06. The van der Waals surface area contributed by atoms with Crippen LogP contribution in [0.25, 0.3) is 0 Å². The van der Waals surface area contributed by atoms with Crippen LogP contribution in [0.2, 0.25) is 0 Å². The molecule has 0 fully saturated rings. The van der Waals surface area contributed by atoms with Gasteiger partial charge in [0.05, 0.1) is 6.61 Å². The van der Waals surface area contributed by atoms with E-state index in [2.05, 4.69) is 11.9 Å². The Bertz CT molecular complexity index is 347. The third-order valence-corrected chi connectivity index (χ3v) is 1.91. The monoisotopic (exact) mass is 205 g/mol. The van der Waals surface area contributed by atoms with Gasteiger partial charge in [-0.3, -0.25) is 4.79 Å². The van der Waals surface area contributed by atoms with Crippen molar-refractivity contribution in [2.45, 2.75) is 6.61 Å². The molecule has 0 atom stereocenters. The second-order valence-electron chi connectivity index (χ2n) is 3.13. The van der Waals surface area contributed by atoms with E-state index in [0.29, 0.717) is 18.7 Å². The molecule has 0 spiro atoms. The fourth-order valence-corrected chi connectivity index (χ4v) is 1.24. The van der Waals surface area contributed by atoms with Gasteiger partial charge in [0.25, 0.3) is 5.91 Å². The van der Waals surface area contributed by atoms with Gasteiger partial charge in [-0.15, -0.1) is 6.58 Å². The molecule has 0 aliphatic rings. The summed E-state index contributed by atoms with van der Waals surface area (Å²) < 4.78 is 5.00. The van der Waals surface area contributed by atoms with Crippen LogP contribution in [0.3, 0.4) is 0 Å². The van der Waals surface area contributed by atoms with Gasteiger partial charge in [0.15, 0.2) is 0 Å². The minimum Gasteiger partial charge on any atom is -0.380 e. The van der Waals surface area contributed by atoms with E-state index in [4.69, 9.17) is 4.74 Å². The zero-order valence-electron chi connectivity index (χ0n) is 8.82. The number of benzene rings is 1. The summed E-state index contributed by atoms with van der Waals surface area (Å²) in [5.41, 5.74) is 1.63. The molecule has 1 aromatic rings. The Labute approximate surface area is 89.8 Å². The average Bonchev–Trinajstić information content (AvgIpc) is 2.27. The van der Waals surface area contributed by atoms with E-state index in [1.165, 1.54) is 0 Å². The van der Waals surface area contributed by atoms with E-state index < -0.39 is 0 Å². The first kappa shape index (κ1) is 11.5. The number of hydrogen-bond acceptors (Lipinski definition) is 2. The number of rotatable bonds is 5. The lowest BCUT2D eigenvalue weighted by atomic mass is 10.1. The molecular weight excluding hydrogens is 190 g/mol. The first-order valence-corrected chi connectivity index (χ1v) is 4.75. The number of carbonyl (C=O) groups is 1. The maximum absolute atomic E-state index is 11.6. The number of ether oxygens (including phenoxy) is 1. The first-order valence-electron chi connectivity index (χ1n) is 4.75. The Morgan fingerprint density at radius 2 is 2.40 bits per heavy atom. The predicted octanol–water partition coefficient (Wildman–Crippen LogP) is 1.75. The van der Waals surface area contributed by atoms with Crippen LogP contribution in [-0.4, -0.2) is 19.6 Å². The van der Waals surface area contributed by atoms with Crippen LogP contribution in [0, 0.1) is 0 Å². The van der Waals surface area contributed by atoms with Crippen LogP contribution in [0.5, 0.6) is 0 Å². The minimum absolute atomic E-state index is 0.0900. The lowest BCUT2D eigenvalue weighted by Gasteiger charge is -2.04. The van der Waals surface area contributed by atoms with E-state index in [1.807, 2.05) is 18.2 Å². The molecule has 1 rings (SSSR count). The minimum atomic E-state index is -0.0900. The van der Waals surface area contributed by atoms with Crippen molar-refractivity contribution in [2.75, 3.05) is 13.7 Å². The van der Waals surface area contributed by atoms with Gasteiger partial charge >= 0.3 is 0 Å². The van der Waals surface area contributed by atoms with Crippen LogP contribution in [0.15, 0.2) is 36.9 Å². The van der Waals surface area contributed by atoms with Gasteiger partial charge in [-0.05, 0) is 17.7 Å². The zero-order chi connectivity index (χ0) is 11.1. The summed E-state index contributed by atoms with van der Waals surface area (Å²) >= 11 is 0. The van der Waals surface area contributed by atoms with E-state index in [9.17, 15) is 4.79 Å². The smallest absolute Gasteiger partial charge is 0.251 e. The molecule has 1 amide bonds. The molecule has 3 heteroatoms. The Morgan fingerprint density at radius 3 is 3.07 bits per heavy atom. The van der Waals surface area contributed by atoms with Gasteiger partial charge in [-0.25, -0.2) is 0 Å². The topological polar surface area (TPSA) is 38.3 Å². The van der Waals surface area contributed by atoms with Gasteiger partial charge in [0, 0.05) is 19.2 Å². The van der Waals surface area contributed by atoms with Gasteiger partial charge in [-0.1, -0.05) is 18.2 Å². The van der Waals surface area contributed by atoms with E-state index in [0.717, 1.165) is 5.56 Å². The SMILES string of the molecule is C=CCNC(=O)c1cccc(COC)c1. The molecule has 0 unspecified atom stereocenters. The normalized spacial score (nSPS) is 9.67. The fourth-order valence-electron chi connectivity index (χ4n) is 1.24. The second-order valence-corrected chi connectivity index (χ2v) is 3.13. The van der Waals surface area contributed by atoms with Gasteiger partial charge in [-0.2, -0.15) is 0 Å². The van der Waals surface area contributed by atoms with Gasteiger partial charge in [0.1, 0.15) is 0 Å². The average molecular weight is 205 g/mol. The molecule has 80 valence electrons. The molecule has 0 aromatic heterocycles. The Balaban J connectivity index is 2.71. The number of carbonyl (C=O) groups excluding carboxylic acids is 1. The molecular formula is C12H15NO2. The fraction of sp³-hybridized carbons (Fsp3) is 0.250. The highest BCUT2D eigenvalue weighted by molar-refractivity contribution is 5.94. The molecule has 0 aliphatic heterocycles. The molecule has 0 saturated heterocycles. The van der Waals surface area contributed by atoms with Crippen LogP contribution in [-0.2, 0) is 11.3 Å². The maximum Gasteiger partial charge on any atom is 0.251 e. The van der Waals surface area contributed by atoms with Crippen LogP contribution >= 0.6 is 0 Å². The van der Waals surface area contributed by atoms with E-state index in [1.54, 1.807) is 19.3 Å². The molecule has 0 heterocycles. The molecule has 15 heavy (non-hydrogen) atoms. The largest absolute Gasteiger partial charge is 0.380 e. The van der Waals surface area contributed by atoms with Gasteiger partial charge < -0.3 is 10.1 Å². The van der Waals surface area contributed by atoms with Crippen molar-refractivity contribution in [1.82, 2.24) is 5.32 Å². The number of hydrogen-bond donors (Lipinski definition) is 1. The van der Waals surface area contributed by atoms with E-state index >= 15 is 0 Å². The quantitative estimate of drug-likeness (QED) is 0.744. The Kier molecular flexibility index (Phi) is 4.57. The maximum atomic E-state index is 11.6. The summed E-state index contributed by atoms with van der Waals surface area (Å²) in [4.78, 5) is 11.6. The third kappa shape index (κ3) is 3.56.